The van der Waals surface area contributed by atoms with Crippen molar-refractivity contribution >= 4 is 32.4 Å². The lowest BCUT2D eigenvalue weighted by molar-refractivity contribution is -0.146. The zero-order valence-corrected chi connectivity index (χ0v) is 18.2. The van der Waals surface area contributed by atoms with Gasteiger partial charge in [-0.15, -0.1) is 0 Å². The number of hydrogen-bond donors (Lipinski definition) is 0. The van der Waals surface area contributed by atoms with E-state index in [9.17, 15) is 26.4 Å². The van der Waals surface area contributed by atoms with E-state index in [1.54, 1.807) is 18.2 Å². The maximum Gasteiger partial charge on any atom is 0.416 e. The molecule has 1 aliphatic heterocycles. The lowest BCUT2D eigenvalue weighted by Crippen LogP contribution is -2.50. The SMILES string of the molecule is CCS(=O)(=O)c1cc2cc(C(F)(F)F)ccc2n1-c1cccc(N2CC(C(=O)OC)C2)c1. The lowest BCUT2D eigenvalue weighted by Gasteiger charge is -2.39. The second-order valence-corrected chi connectivity index (χ2v) is 9.86. The summed E-state index contributed by atoms with van der Waals surface area (Å²) in [5, 5.41) is 0.120. The van der Waals surface area contributed by atoms with Crippen molar-refractivity contribution < 1.29 is 31.1 Å². The molecule has 2 aromatic carbocycles. The Hall–Kier alpha value is -3.01. The van der Waals surface area contributed by atoms with Crippen LogP contribution in [-0.4, -0.2) is 44.9 Å². The summed E-state index contributed by atoms with van der Waals surface area (Å²) in [4.78, 5) is 13.6. The fraction of sp³-hybridized carbons (Fsp3) is 0.318. The van der Waals surface area contributed by atoms with Crippen LogP contribution in [0.15, 0.2) is 53.6 Å². The molecule has 1 aromatic heterocycles. The summed E-state index contributed by atoms with van der Waals surface area (Å²) in [5.74, 6) is -0.708. The Morgan fingerprint density at radius 1 is 1.09 bits per heavy atom. The Balaban J connectivity index is 1.82. The largest absolute Gasteiger partial charge is 0.469 e. The van der Waals surface area contributed by atoms with E-state index in [-0.39, 0.29) is 28.1 Å². The van der Waals surface area contributed by atoms with Gasteiger partial charge in [-0.05, 0) is 42.5 Å². The molecule has 1 aliphatic rings. The summed E-state index contributed by atoms with van der Waals surface area (Å²) in [5.41, 5.74) is 0.797. The number of esters is 1. The number of aromatic nitrogens is 1. The van der Waals surface area contributed by atoms with Crippen molar-refractivity contribution in [1.82, 2.24) is 4.57 Å². The Kier molecular flexibility index (Phi) is 5.44. The minimum absolute atomic E-state index is 0.0671. The van der Waals surface area contributed by atoms with Crippen molar-refractivity contribution in [2.24, 2.45) is 5.92 Å². The number of alkyl halides is 3. The maximum atomic E-state index is 13.2. The average molecular weight is 466 g/mol. The number of fused-ring (bicyclic) bond motifs is 1. The number of hydrogen-bond acceptors (Lipinski definition) is 5. The van der Waals surface area contributed by atoms with Crippen LogP contribution in [0.3, 0.4) is 0 Å². The first-order valence-corrected chi connectivity index (χ1v) is 11.6. The second-order valence-electron chi connectivity index (χ2n) is 7.64. The molecule has 1 saturated heterocycles. The van der Waals surface area contributed by atoms with Gasteiger partial charge in [0.25, 0.3) is 0 Å². The van der Waals surface area contributed by atoms with Crippen molar-refractivity contribution in [2.75, 3.05) is 30.9 Å². The molecule has 0 bridgehead atoms. The molecule has 0 unspecified atom stereocenters. The van der Waals surface area contributed by atoms with Crippen LogP contribution >= 0.6 is 0 Å². The Bertz CT molecular complexity index is 1290. The van der Waals surface area contributed by atoms with Gasteiger partial charge in [0.2, 0.25) is 0 Å². The van der Waals surface area contributed by atoms with Gasteiger partial charge >= 0.3 is 12.1 Å². The van der Waals surface area contributed by atoms with Crippen LogP contribution in [0, 0.1) is 5.92 Å². The van der Waals surface area contributed by atoms with Crippen LogP contribution in [0.25, 0.3) is 16.6 Å². The van der Waals surface area contributed by atoms with E-state index in [0.717, 1.165) is 17.8 Å². The maximum absolute atomic E-state index is 13.2. The predicted octanol–water partition coefficient (Wildman–Crippen LogP) is 4.05. The van der Waals surface area contributed by atoms with E-state index >= 15 is 0 Å². The van der Waals surface area contributed by atoms with E-state index in [0.29, 0.717) is 24.3 Å². The van der Waals surface area contributed by atoms with Crippen LogP contribution in [0.4, 0.5) is 18.9 Å². The first-order chi connectivity index (χ1) is 15.0. The zero-order valence-electron chi connectivity index (χ0n) is 17.4. The monoisotopic (exact) mass is 466 g/mol. The number of halogens is 3. The molecule has 32 heavy (non-hydrogen) atoms. The molecule has 170 valence electrons. The van der Waals surface area contributed by atoms with Crippen molar-refractivity contribution in [3.05, 3.63) is 54.1 Å². The normalized spacial score (nSPS) is 15.1. The molecule has 0 spiro atoms. The highest BCUT2D eigenvalue weighted by atomic mass is 32.2. The molecular weight excluding hydrogens is 445 g/mol. The average Bonchev–Trinajstić information content (AvgIpc) is 3.12. The van der Waals surface area contributed by atoms with Gasteiger partial charge in [0.1, 0.15) is 5.03 Å². The number of ether oxygens (including phenoxy) is 1. The van der Waals surface area contributed by atoms with Crippen LogP contribution in [0.1, 0.15) is 12.5 Å². The van der Waals surface area contributed by atoms with Crippen LogP contribution in [-0.2, 0) is 25.5 Å². The highest BCUT2D eigenvalue weighted by molar-refractivity contribution is 7.91. The van der Waals surface area contributed by atoms with Crippen molar-refractivity contribution in [3.63, 3.8) is 0 Å². The molecule has 4 rings (SSSR count). The van der Waals surface area contributed by atoms with Gasteiger partial charge in [-0.1, -0.05) is 13.0 Å². The number of methoxy groups -OCH3 is 1. The number of carbonyl (C=O) groups is 1. The molecule has 2 heterocycles. The predicted molar refractivity (Wildman–Crippen MR) is 114 cm³/mol. The van der Waals surface area contributed by atoms with E-state index in [2.05, 4.69) is 0 Å². The fourth-order valence-electron chi connectivity index (χ4n) is 3.84. The van der Waals surface area contributed by atoms with Crippen molar-refractivity contribution in [2.45, 2.75) is 18.1 Å². The number of rotatable bonds is 5. The van der Waals surface area contributed by atoms with Gasteiger partial charge < -0.3 is 14.2 Å². The quantitative estimate of drug-likeness (QED) is 0.531. The van der Waals surface area contributed by atoms with Gasteiger partial charge in [0, 0.05) is 29.9 Å². The van der Waals surface area contributed by atoms with Gasteiger partial charge in [-0.3, -0.25) is 4.79 Å². The summed E-state index contributed by atoms with van der Waals surface area (Å²) >= 11 is 0. The summed E-state index contributed by atoms with van der Waals surface area (Å²) in [6.07, 6.45) is -4.53. The number of carbonyl (C=O) groups excluding carboxylic acids is 1. The fourth-order valence-corrected chi connectivity index (χ4v) is 4.93. The van der Waals surface area contributed by atoms with Crippen LogP contribution in [0.5, 0.6) is 0 Å². The zero-order chi connectivity index (χ0) is 23.3. The number of benzene rings is 2. The molecule has 0 N–H and O–H groups in total. The number of nitrogens with zero attached hydrogens (tertiary/aromatic N) is 2. The van der Waals surface area contributed by atoms with E-state index in [1.165, 1.54) is 30.7 Å². The highest BCUT2D eigenvalue weighted by Gasteiger charge is 2.34. The molecule has 0 radical (unpaired) electrons. The van der Waals surface area contributed by atoms with Gasteiger partial charge in [0.15, 0.2) is 9.84 Å². The van der Waals surface area contributed by atoms with Crippen molar-refractivity contribution in [3.8, 4) is 5.69 Å². The molecule has 0 atom stereocenters. The topological polar surface area (TPSA) is 68.6 Å². The van der Waals surface area contributed by atoms with E-state index in [1.807, 2.05) is 11.0 Å². The third-order valence-corrected chi connectivity index (χ3v) is 7.36. The molecular formula is C22H21F3N2O4S. The summed E-state index contributed by atoms with van der Waals surface area (Å²) in [6, 6.07) is 11.5. The van der Waals surface area contributed by atoms with E-state index in [4.69, 9.17) is 4.74 Å². The van der Waals surface area contributed by atoms with Crippen LogP contribution in [0.2, 0.25) is 0 Å². The third-order valence-electron chi connectivity index (χ3n) is 5.66. The molecule has 6 nitrogen and oxygen atoms in total. The Morgan fingerprint density at radius 3 is 2.41 bits per heavy atom. The first kappa shape index (κ1) is 22.2. The molecule has 3 aromatic rings. The van der Waals surface area contributed by atoms with Gasteiger partial charge in [-0.25, -0.2) is 8.42 Å². The standard InChI is InChI=1S/C22H21F3N2O4S/c1-3-32(29,30)20-10-14-9-16(22(23,24)25)7-8-19(14)27(20)18-6-4-5-17(11-18)26-12-15(13-26)21(28)31-2/h4-11,15H,3,12-13H2,1-2H3. The van der Waals surface area contributed by atoms with Gasteiger partial charge in [-0.2, -0.15) is 13.2 Å². The molecule has 0 saturated carbocycles. The molecule has 0 aliphatic carbocycles. The minimum atomic E-state index is -4.53. The van der Waals surface area contributed by atoms with E-state index < -0.39 is 21.6 Å². The Morgan fingerprint density at radius 2 is 1.78 bits per heavy atom. The van der Waals surface area contributed by atoms with Crippen LogP contribution < -0.4 is 4.90 Å². The molecule has 1 fully saturated rings. The molecule has 0 amide bonds. The van der Waals surface area contributed by atoms with Crippen molar-refractivity contribution in [1.29, 1.82) is 0 Å². The Labute approximate surface area is 183 Å². The van der Waals surface area contributed by atoms with Gasteiger partial charge in [0.05, 0.1) is 29.9 Å². The third kappa shape index (κ3) is 3.83. The first-order valence-electron chi connectivity index (χ1n) is 9.94. The minimum Gasteiger partial charge on any atom is -0.469 e. The second kappa shape index (κ2) is 7.84. The summed E-state index contributed by atoms with van der Waals surface area (Å²) in [6.45, 7) is 2.43. The highest BCUT2D eigenvalue weighted by Crippen LogP contribution is 2.36. The lowest BCUT2D eigenvalue weighted by atomic mass is 9.99. The summed E-state index contributed by atoms with van der Waals surface area (Å²) in [7, 11) is -2.39. The summed E-state index contributed by atoms with van der Waals surface area (Å²) < 4.78 is 71.3. The number of sulfone groups is 1. The number of anilines is 1. The molecule has 10 heteroatoms. The smallest absolute Gasteiger partial charge is 0.416 e.